The number of hydrogen-bond donors (Lipinski definition) is 0. The van der Waals surface area contributed by atoms with Crippen LogP contribution in [0.3, 0.4) is 0 Å². The van der Waals surface area contributed by atoms with Crippen LogP contribution in [0, 0.1) is 18.7 Å². The molecule has 2 aromatic heterocycles. The summed E-state index contributed by atoms with van der Waals surface area (Å²) in [5.41, 5.74) is -0.681. The Morgan fingerprint density at radius 2 is 2.09 bits per heavy atom. The zero-order valence-corrected chi connectivity index (χ0v) is 19.0. The molecule has 3 aromatic rings. The second kappa shape index (κ2) is 8.12. The lowest BCUT2D eigenvalue weighted by Crippen LogP contribution is -2.28. The number of nitrogens with zero attached hydrogens (tertiary/aromatic N) is 5. The normalized spacial score (nSPS) is 22.7. The van der Waals surface area contributed by atoms with Gasteiger partial charge in [-0.1, -0.05) is 23.9 Å². The quantitative estimate of drug-likeness (QED) is 0.277. The number of aromatic nitrogens is 4. The fourth-order valence-corrected chi connectivity index (χ4v) is 5.75. The Balaban J connectivity index is 1.17. The summed E-state index contributed by atoms with van der Waals surface area (Å²) in [5, 5.41) is 9.20. The molecule has 1 aliphatic carbocycles. The van der Waals surface area contributed by atoms with Gasteiger partial charge in [0.05, 0.1) is 11.3 Å². The fourth-order valence-electron chi connectivity index (χ4n) is 4.92. The third-order valence-corrected chi connectivity index (χ3v) is 7.80. The van der Waals surface area contributed by atoms with Crippen molar-refractivity contribution in [3.05, 3.63) is 47.2 Å². The van der Waals surface area contributed by atoms with Crippen molar-refractivity contribution in [2.45, 2.75) is 36.5 Å². The van der Waals surface area contributed by atoms with Crippen LogP contribution >= 0.6 is 11.8 Å². The summed E-state index contributed by atoms with van der Waals surface area (Å²) in [7, 11) is 1.88. The lowest BCUT2D eigenvalue weighted by atomic mass is 9.92. The summed E-state index contributed by atoms with van der Waals surface area (Å²) in [6.07, 6.45) is -1.67. The van der Waals surface area contributed by atoms with Crippen molar-refractivity contribution in [3.63, 3.8) is 0 Å². The summed E-state index contributed by atoms with van der Waals surface area (Å²) in [6.45, 7) is 4.04. The number of piperidine rings is 1. The number of oxazole rings is 1. The molecule has 6 nitrogen and oxygen atoms in total. The van der Waals surface area contributed by atoms with Crippen LogP contribution in [0.5, 0.6) is 0 Å². The summed E-state index contributed by atoms with van der Waals surface area (Å²) in [5.74, 6) is 1.14. The minimum Gasteiger partial charge on any atom is -0.440 e. The highest BCUT2D eigenvalue weighted by Gasteiger charge is 2.61. The molecule has 0 N–H and O–H groups in total. The van der Waals surface area contributed by atoms with Gasteiger partial charge in [-0.15, -0.1) is 10.2 Å². The Morgan fingerprint density at radius 1 is 1.27 bits per heavy atom. The monoisotopic (exact) mass is 481 g/mol. The number of thioether (sulfide) groups is 1. The van der Waals surface area contributed by atoms with Crippen LogP contribution in [0.25, 0.3) is 11.6 Å². The van der Waals surface area contributed by atoms with E-state index >= 15 is 0 Å². The van der Waals surface area contributed by atoms with Crippen LogP contribution in [0.4, 0.5) is 17.6 Å². The minimum atomic E-state index is -4.68. The number of rotatable bonds is 7. The Labute approximate surface area is 192 Å². The van der Waals surface area contributed by atoms with E-state index in [4.69, 9.17) is 4.42 Å². The first-order valence-corrected chi connectivity index (χ1v) is 11.7. The van der Waals surface area contributed by atoms with Crippen LogP contribution in [-0.4, -0.2) is 50.0 Å². The average Bonchev–Trinajstić information content (AvgIpc) is 3.06. The number of hydrogen-bond acceptors (Lipinski definition) is 6. The summed E-state index contributed by atoms with van der Waals surface area (Å²) in [4.78, 5) is 6.31. The van der Waals surface area contributed by atoms with Crippen LogP contribution in [0.1, 0.15) is 29.7 Å². The first-order valence-electron chi connectivity index (χ1n) is 10.7. The molecule has 1 saturated carbocycles. The zero-order chi connectivity index (χ0) is 23.4. The second-order valence-corrected chi connectivity index (χ2v) is 9.85. The van der Waals surface area contributed by atoms with Gasteiger partial charge in [0.15, 0.2) is 17.3 Å². The smallest absolute Gasteiger partial charge is 0.419 e. The predicted octanol–water partition coefficient (Wildman–Crippen LogP) is 4.69. The molecule has 33 heavy (non-hydrogen) atoms. The molecule has 3 heterocycles. The maximum Gasteiger partial charge on any atom is 0.419 e. The third kappa shape index (κ3) is 3.95. The molecule has 0 unspecified atom stereocenters. The number of likely N-dealkylation sites (tertiary alicyclic amines) is 1. The highest BCUT2D eigenvalue weighted by atomic mass is 32.2. The van der Waals surface area contributed by atoms with E-state index in [0.29, 0.717) is 18.1 Å². The summed E-state index contributed by atoms with van der Waals surface area (Å²) in [6, 6.07) is 3.66. The standard InChI is InChI=1S/C22H23F4N5OS/c1-13-18(32-12-27-13)19-28-29-20(30(19)2)33-8-4-7-31-10-14-9-21(14,11-31)15-5-3-6-16(17(15)23)22(24,25)26/h3,5-6,12,14H,4,7-11H2,1-2H3/t14-,21-/m0/s1. The molecular weight excluding hydrogens is 458 g/mol. The number of alkyl halides is 3. The molecule has 0 spiro atoms. The Kier molecular flexibility index (Phi) is 5.51. The molecule has 1 saturated heterocycles. The first kappa shape index (κ1) is 22.4. The van der Waals surface area contributed by atoms with Crippen LogP contribution in [-0.2, 0) is 18.6 Å². The molecule has 2 atom stereocenters. The van der Waals surface area contributed by atoms with Crippen molar-refractivity contribution >= 4 is 11.8 Å². The van der Waals surface area contributed by atoms with Crippen molar-refractivity contribution in [1.82, 2.24) is 24.6 Å². The van der Waals surface area contributed by atoms with Crippen molar-refractivity contribution in [2.75, 3.05) is 25.4 Å². The largest absolute Gasteiger partial charge is 0.440 e. The van der Waals surface area contributed by atoms with Gasteiger partial charge in [0.1, 0.15) is 5.82 Å². The maximum absolute atomic E-state index is 14.7. The van der Waals surface area contributed by atoms with Crippen molar-refractivity contribution in [1.29, 1.82) is 0 Å². The Hall–Kier alpha value is -2.40. The molecule has 2 fully saturated rings. The Bertz CT molecular complexity index is 1180. The van der Waals surface area contributed by atoms with Gasteiger partial charge in [-0.2, -0.15) is 13.2 Å². The van der Waals surface area contributed by atoms with Gasteiger partial charge in [0, 0.05) is 31.3 Å². The molecule has 1 aromatic carbocycles. The van der Waals surface area contributed by atoms with E-state index < -0.39 is 23.0 Å². The second-order valence-electron chi connectivity index (χ2n) is 8.79. The lowest BCUT2D eigenvalue weighted by Gasteiger charge is -2.22. The number of benzene rings is 1. The highest BCUT2D eigenvalue weighted by Crippen LogP contribution is 2.60. The lowest BCUT2D eigenvalue weighted by molar-refractivity contribution is -0.140. The van der Waals surface area contributed by atoms with Crippen molar-refractivity contribution in [2.24, 2.45) is 13.0 Å². The summed E-state index contributed by atoms with van der Waals surface area (Å²) >= 11 is 1.58. The fraction of sp³-hybridized carbons (Fsp3) is 0.500. The molecule has 0 amide bonds. The van der Waals surface area contributed by atoms with Gasteiger partial charge in [0.25, 0.3) is 0 Å². The van der Waals surface area contributed by atoms with E-state index in [1.54, 1.807) is 11.8 Å². The average molecular weight is 482 g/mol. The van der Waals surface area contributed by atoms with Crippen LogP contribution < -0.4 is 0 Å². The van der Waals surface area contributed by atoms with Gasteiger partial charge in [-0.3, -0.25) is 0 Å². The number of aryl methyl sites for hydroxylation is 1. The van der Waals surface area contributed by atoms with Gasteiger partial charge in [0.2, 0.25) is 5.82 Å². The van der Waals surface area contributed by atoms with Crippen LogP contribution in [0.15, 0.2) is 34.2 Å². The van der Waals surface area contributed by atoms with Gasteiger partial charge in [-0.05, 0) is 43.9 Å². The molecule has 0 radical (unpaired) electrons. The molecule has 2 aliphatic rings. The molecular formula is C22H23F4N5OS. The van der Waals surface area contributed by atoms with E-state index in [0.717, 1.165) is 48.6 Å². The van der Waals surface area contributed by atoms with Gasteiger partial charge < -0.3 is 13.9 Å². The zero-order valence-electron chi connectivity index (χ0n) is 18.2. The number of fused-ring (bicyclic) bond motifs is 1. The highest BCUT2D eigenvalue weighted by molar-refractivity contribution is 7.99. The van der Waals surface area contributed by atoms with Crippen molar-refractivity contribution < 1.29 is 22.0 Å². The SMILES string of the molecule is Cc1ncoc1-c1nnc(SCCCN2C[C@@H]3C[C@]3(c3cccc(C(F)(F)F)c3F)C2)n1C. The topological polar surface area (TPSA) is 60.0 Å². The third-order valence-electron chi connectivity index (χ3n) is 6.69. The molecule has 11 heteroatoms. The van der Waals surface area contributed by atoms with E-state index in [2.05, 4.69) is 20.1 Å². The molecule has 176 valence electrons. The minimum absolute atomic E-state index is 0.216. The van der Waals surface area contributed by atoms with E-state index in [-0.39, 0.29) is 11.5 Å². The van der Waals surface area contributed by atoms with E-state index in [1.807, 2.05) is 18.5 Å². The molecule has 0 bridgehead atoms. The van der Waals surface area contributed by atoms with Crippen LogP contribution in [0.2, 0.25) is 0 Å². The van der Waals surface area contributed by atoms with Crippen molar-refractivity contribution in [3.8, 4) is 11.6 Å². The first-order chi connectivity index (χ1) is 15.7. The Morgan fingerprint density at radius 3 is 2.82 bits per heavy atom. The predicted molar refractivity (Wildman–Crippen MR) is 114 cm³/mol. The van der Waals surface area contributed by atoms with E-state index in [9.17, 15) is 17.6 Å². The summed E-state index contributed by atoms with van der Waals surface area (Å²) < 4.78 is 61.4. The van der Waals surface area contributed by atoms with Gasteiger partial charge >= 0.3 is 6.18 Å². The molecule has 1 aliphatic heterocycles. The van der Waals surface area contributed by atoms with Gasteiger partial charge in [-0.25, -0.2) is 9.37 Å². The maximum atomic E-state index is 14.7. The number of halogens is 4. The molecule has 5 rings (SSSR count). The van der Waals surface area contributed by atoms with E-state index in [1.165, 1.54) is 18.5 Å².